The van der Waals surface area contributed by atoms with Crippen LogP contribution in [0.25, 0.3) is 0 Å². The molecule has 0 aliphatic carbocycles. The van der Waals surface area contributed by atoms with Gasteiger partial charge in [-0.2, -0.15) is 0 Å². The summed E-state index contributed by atoms with van der Waals surface area (Å²) < 4.78 is 0. The van der Waals surface area contributed by atoms with Gasteiger partial charge in [0.05, 0.1) is 11.9 Å². The maximum Gasteiger partial charge on any atom is 0.152 e. The first kappa shape index (κ1) is 10.8. The number of hydrogen-bond acceptors (Lipinski definition) is 5. The summed E-state index contributed by atoms with van der Waals surface area (Å²) >= 11 is 0. The fraction of sp³-hybridized carbons (Fsp3) is 0.667. The largest absolute Gasteiger partial charge is 0.394 e. The van der Waals surface area contributed by atoms with Crippen molar-refractivity contribution in [2.24, 2.45) is 0 Å². The Morgan fingerprint density at radius 2 is 2.29 bits per heavy atom. The van der Waals surface area contributed by atoms with E-state index in [0.717, 1.165) is 11.9 Å². The lowest BCUT2D eigenvalue weighted by molar-refractivity contribution is 0.188. The molecule has 3 heterocycles. The molecule has 3 rings (SSSR count). The summed E-state index contributed by atoms with van der Waals surface area (Å²) in [6, 6.07) is 1.27. The molecule has 1 aromatic rings. The number of anilines is 2. The molecule has 0 saturated carbocycles. The van der Waals surface area contributed by atoms with Crippen LogP contribution < -0.4 is 11.1 Å². The Kier molecular flexibility index (Phi) is 2.84. The second-order valence-electron chi connectivity index (χ2n) is 5.02. The predicted octanol–water partition coefficient (Wildman–Crippen LogP) is 1.10. The first-order chi connectivity index (χ1) is 8.33. The first-order valence-electron chi connectivity index (χ1n) is 6.39. The predicted molar refractivity (Wildman–Crippen MR) is 67.7 cm³/mol. The van der Waals surface area contributed by atoms with E-state index >= 15 is 0 Å². The number of hydrogen-bond donors (Lipinski definition) is 2. The quantitative estimate of drug-likeness (QED) is 0.800. The fourth-order valence-electron chi connectivity index (χ4n) is 3.01. The summed E-state index contributed by atoms with van der Waals surface area (Å²) in [4.78, 5) is 10.7. The summed E-state index contributed by atoms with van der Waals surface area (Å²) in [5.74, 6) is 0.788. The SMILES string of the molecule is Nc1cncnc1NC1CCN2CCCC2C1. The molecule has 0 radical (unpaired) electrons. The molecule has 2 fully saturated rings. The van der Waals surface area contributed by atoms with Crippen LogP contribution in [-0.2, 0) is 0 Å². The van der Waals surface area contributed by atoms with Crippen molar-refractivity contribution in [2.75, 3.05) is 24.1 Å². The summed E-state index contributed by atoms with van der Waals surface area (Å²) in [5, 5.41) is 3.46. The van der Waals surface area contributed by atoms with Crippen LogP contribution in [0.2, 0.25) is 0 Å². The number of nitrogens with two attached hydrogens (primary N) is 1. The third kappa shape index (κ3) is 2.20. The molecule has 5 nitrogen and oxygen atoms in total. The van der Waals surface area contributed by atoms with Crippen LogP contribution in [0, 0.1) is 0 Å². The number of nitrogens with zero attached hydrogens (tertiary/aromatic N) is 3. The van der Waals surface area contributed by atoms with Gasteiger partial charge in [0.15, 0.2) is 5.82 Å². The van der Waals surface area contributed by atoms with Crippen molar-refractivity contribution in [3.05, 3.63) is 12.5 Å². The van der Waals surface area contributed by atoms with Crippen molar-refractivity contribution in [1.29, 1.82) is 0 Å². The van der Waals surface area contributed by atoms with Gasteiger partial charge in [0, 0.05) is 18.6 Å². The average Bonchev–Trinajstić information content (AvgIpc) is 2.79. The van der Waals surface area contributed by atoms with Crippen LogP contribution in [-0.4, -0.2) is 40.0 Å². The molecule has 2 aliphatic rings. The molecular weight excluding hydrogens is 214 g/mol. The van der Waals surface area contributed by atoms with Gasteiger partial charge in [0.25, 0.3) is 0 Å². The highest BCUT2D eigenvalue weighted by atomic mass is 15.2. The van der Waals surface area contributed by atoms with E-state index in [0.29, 0.717) is 11.7 Å². The van der Waals surface area contributed by atoms with Crippen LogP contribution in [0.15, 0.2) is 12.5 Å². The van der Waals surface area contributed by atoms with Crippen molar-refractivity contribution in [3.8, 4) is 0 Å². The molecule has 0 bridgehead atoms. The molecule has 2 aliphatic heterocycles. The second-order valence-corrected chi connectivity index (χ2v) is 5.02. The molecule has 2 unspecified atom stereocenters. The molecule has 0 amide bonds. The molecule has 0 aromatic carbocycles. The first-order valence-corrected chi connectivity index (χ1v) is 6.39. The van der Waals surface area contributed by atoms with Gasteiger partial charge in [-0.05, 0) is 32.2 Å². The summed E-state index contributed by atoms with van der Waals surface area (Å²) in [6.07, 6.45) is 8.29. The van der Waals surface area contributed by atoms with E-state index in [-0.39, 0.29) is 0 Å². The van der Waals surface area contributed by atoms with Gasteiger partial charge < -0.3 is 16.0 Å². The van der Waals surface area contributed by atoms with Gasteiger partial charge >= 0.3 is 0 Å². The van der Waals surface area contributed by atoms with Crippen LogP contribution >= 0.6 is 0 Å². The summed E-state index contributed by atoms with van der Waals surface area (Å²) in [5.41, 5.74) is 6.49. The lowest BCUT2D eigenvalue weighted by Gasteiger charge is -2.35. The number of fused-ring (bicyclic) bond motifs is 1. The molecule has 5 heteroatoms. The smallest absolute Gasteiger partial charge is 0.152 e. The zero-order valence-electron chi connectivity index (χ0n) is 9.97. The highest BCUT2D eigenvalue weighted by Gasteiger charge is 2.31. The Bertz CT molecular complexity index is 394. The Morgan fingerprint density at radius 1 is 1.35 bits per heavy atom. The molecule has 2 atom stereocenters. The minimum Gasteiger partial charge on any atom is -0.394 e. The summed E-state index contributed by atoms with van der Waals surface area (Å²) in [6.45, 7) is 2.49. The number of nitrogens with one attached hydrogen (secondary N) is 1. The molecule has 0 spiro atoms. The van der Waals surface area contributed by atoms with Crippen molar-refractivity contribution >= 4 is 11.5 Å². The maximum absolute atomic E-state index is 5.85. The number of rotatable bonds is 2. The second kappa shape index (κ2) is 4.49. The van der Waals surface area contributed by atoms with E-state index in [9.17, 15) is 0 Å². The lowest BCUT2D eigenvalue weighted by Crippen LogP contribution is -2.42. The lowest BCUT2D eigenvalue weighted by atomic mass is 9.97. The van der Waals surface area contributed by atoms with Gasteiger partial charge in [-0.1, -0.05) is 0 Å². The average molecular weight is 233 g/mol. The Hall–Kier alpha value is -1.36. The fourth-order valence-corrected chi connectivity index (χ4v) is 3.01. The third-order valence-corrected chi connectivity index (χ3v) is 3.90. The van der Waals surface area contributed by atoms with E-state index in [4.69, 9.17) is 5.73 Å². The van der Waals surface area contributed by atoms with Crippen molar-refractivity contribution < 1.29 is 0 Å². The molecule has 2 saturated heterocycles. The van der Waals surface area contributed by atoms with Gasteiger partial charge in [0.1, 0.15) is 6.33 Å². The Morgan fingerprint density at radius 3 is 3.18 bits per heavy atom. The third-order valence-electron chi connectivity index (χ3n) is 3.90. The van der Waals surface area contributed by atoms with Gasteiger partial charge in [-0.15, -0.1) is 0 Å². The van der Waals surface area contributed by atoms with Gasteiger partial charge in [-0.25, -0.2) is 9.97 Å². The van der Waals surface area contributed by atoms with Crippen LogP contribution in [0.4, 0.5) is 11.5 Å². The minimum absolute atomic E-state index is 0.506. The van der Waals surface area contributed by atoms with Crippen molar-refractivity contribution in [2.45, 2.75) is 37.8 Å². The van der Waals surface area contributed by atoms with E-state index < -0.39 is 0 Å². The number of nitrogen functional groups attached to an aromatic ring is 1. The highest BCUT2D eigenvalue weighted by molar-refractivity contribution is 5.59. The Labute approximate surface area is 101 Å². The highest BCUT2D eigenvalue weighted by Crippen LogP contribution is 2.28. The van der Waals surface area contributed by atoms with Crippen LogP contribution in [0.5, 0.6) is 0 Å². The van der Waals surface area contributed by atoms with Crippen molar-refractivity contribution in [1.82, 2.24) is 14.9 Å². The zero-order valence-corrected chi connectivity index (χ0v) is 9.97. The topological polar surface area (TPSA) is 67.1 Å². The molecular formula is C12H19N5. The van der Waals surface area contributed by atoms with Gasteiger partial charge in [-0.3, -0.25) is 0 Å². The van der Waals surface area contributed by atoms with E-state index in [1.807, 2.05) is 0 Å². The monoisotopic (exact) mass is 233 g/mol. The number of piperidine rings is 1. The normalized spacial score (nSPS) is 28.9. The van der Waals surface area contributed by atoms with E-state index in [1.54, 1.807) is 12.5 Å². The molecule has 3 N–H and O–H groups in total. The zero-order chi connectivity index (χ0) is 11.7. The molecule has 17 heavy (non-hydrogen) atoms. The number of aromatic nitrogens is 2. The van der Waals surface area contributed by atoms with Crippen LogP contribution in [0.1, 0.15) is 25.7 Å². The van der Waals surface area contributed by atoms with E-state index in [2.05, 4.69) is 20.2 Å². The minimum atomic E-state index is 0.506. The van der Waals surface area contributed by atoms with E-state index in [1.165, 1.54) is 38.8 Å². The molecule has 92 valence electrons. The van der Waals surface area contributed by atoms with Gasteiger partial charge in [0.2, 0.25) is 0 Å². The maximum atomic E-state index is 5.85. The van der Waals surface area contributed by atoms with Crippen LogP contribution in [0.3, 0.4) is 0 Å². The Balaban J connectivity index is 1.64. The summed E-state index contributed by atoms with van der Waals surface area (Å²) in [7, 11) is 0. The molecule has 1 aromatic heterocycles. The van der Waals surface area contributed by atoms with Crippen molar-refractivity contribution in [3.63, 3.8) is 0 Å². The standard InChI is InChI=1S/C12H19N5/c13-11-7-14-8-15-12(11)16-9-3-5-17-4-1-2-10(17)6-9/h7-10H,1-6,13H2,(H,14,15,16).